The van der Waals surface area contributed by atoms with Crippen molar-refractivity contribution in [2.45, 2.75) is 39.3 Å². The van der Waals surface area contributed by atoms with Gasteiger partial charge in [-0.15, -0.1) is 0 Å². The quantitative estimate of drug-likeness (QED) is 0.831. The Labute approximate surface area is 130 Å². The van der Waals surface area contributed by atoms with E-state index < -0.39 is 0 Å². The van der Waals surface area contributed by atoms with Crippen molar-refractivity contribution in [1.29, 1.82) is 0 Å². The summed E-state index contributed by atoms with van der Waals surface area (Å²) in [4.78, 5) is 0. The van der Waals surface area contributed by atoms with Gasteiger partial charge >= 0.3 is 0 Å². The molecule has 1 atom stereocenters. The lowest BCUT2D eigenvalue weighted by atomic mass is 10.1. The molecular formula is C16H21ClFN3. The molecule has 114 valence electrons. The minimum atomic E-state index is -0.296. The molecule has 0 saturated carbocycles. The minimum Gasteiger partial charge on any atom is -0.310 e. The highest BCUT2D eigenvalue weighted by Crippen LogP contribution is 2.21. The van der Waals surface area contributed by atoms with Crippen molar-refractivity contribution < 1.29 is 4.39 Å². The first-order valence-electron chi connectivity index (χ1n) is 7.34. The third-order valence-corrected chi connectivity index (χ3v) is 3.84. The van der Waals surface area contributed by atoms with E-state index in [0.717, 1.165) is 24.9 Å². The first kappa shape index (κ1) is 16.0. The zero-order valence-corrected chi connectivity index (χ0v) is 13.2. The van der Waals surface area contributed by atoms with Crippen molar-refractivity contribution in [3.63, 3.8) is 0 Å². The second-order valence-corrected chi connectivity index (χ2v) is 5.49. The second-order valence-electron chi connectivity index (χ2n) is 5.09. The third kappa shape index (κ3) is 4.05. The van der Waals surface area contributed by atoms with E-state index in [-0.39, 0.29) is 11.9 Å². The number of rotatable bonds is 7. The van der Waals surface area contributed by atoms with Gasteiger partial charge in [-0.05, 0) is 31.5 Å². The molecule has 0 aliphatic rings. The van der Waals surface area contributed by atoms with Crippen LogP contribution in [0, 0.1) is 5.82 Å². The summed E-state index contributed by atoms with van der Waals surface area (Å²) in [6, 6.07) is 5.01. The van der Waals surface area contributed by atoms with Gasteiger partial charge in [-0.25, -0.2) is 4.39 Å². The topological polar surface area (TPSA) is 29.9 Å². The van der Waals surface area contributed by atoms with Gasteiger partial charge in [0.25, 0.3) is 0 Å². The van der Waals surface area contributed by atoms with E-state index in [9.17, 15) is 4.39 Å². The van der Waals surface area contributed by atoms with E-state index in [1.807, 2.05) is 12.4 Å². The predicted octanol–water partition coefficient (Wildman–Crippen LogP) is 4.17. The Morgan fingerprint density at radius 1 is 1.38 bits per heavy atom. The van der Waals surface area contributed by atoms with Gasteiger partial charge in [-0.3, -0.25) is 4.68 Å². The first-order valence-corrected chi connectivity index (χ1v) is 7.72. The molecule has 1 heterocycles. The molecule has 2 aromatic rings. The van der Waals surface area contributed by atoms with Crippen LogP contribution in [0.5, 0.6) is 0 Å². The number of hydrogen-bond donors (Lipinski definition) is 1. The molecule has 0 radical (unpaired) electrons. The number of nitrogens with zero attached hydrogens (tertiary/aromatic N) is 2. The molecule has 0 bridgehead atoms. The van der Waals surface area contributed by atoms with Gasteiger partial charge in [0, 0.05) is 28.4 Å². The maximum Gasteiger partial charge on any atom is 0.129 e. The van der Waals surface area contributed by atoms with Crippen LogP contribution in [-0.2, 0) is 6.54 Å². The average molecular weight is 310 g/mol. The maximum absolute atomic E-state index is 13.8. The van der Waals surface area contributed by atoms with Crippen LogP contribution in [0.25, 0.3) is 0 Å². The van der Waals surface area contributed by atoms with E-state index in [2.05, 4.69) is 24.3 Å². The lowest BCUT2D eigenvalue weighted by molar-refractivity contribution is 0.517. The lowest BCUT2D eigenvalue weighted by Crippen LogP contribution is -2.21. The van der Waals surface area contributed by atoms with Crippen molar-refractivity contribution in [2.24, 2.45) is 0 Å². The highest BCUT2D eigenvalue weighted by Gasteiger charge is 2.12. The molecule has 0 saturated heterocycles. The SMILES string of the molecule is CCCNC(CC)c1cnn(Cc2c(F)cccc2Cl)c1. The van der Waals surface area contributed by atoms with Crippen molar-refractivity contribution in [1.82, 2.24) is 15.1 Å². The standard InChI is InChI=1S/C16H21ClFN3/c1-3-8-19-16(4-2)12-9-20-21(10-12)11-13-14(17)6-5-7-15(13)18/h5-7,9-10,16,19H,3-4,8,11H2,1-2H3. The van der Waals surface area contributed by atoms with Crippen molar-refractivity contribution >= 4 is 11.6 Å². The summed E-state index contributed by atoms with van der Waals surface area (Å²) in [5.74, 6) is -0.296. The Balaban J connectivity index is 2.12. The Morgan fingerprint density at radius 2 is 2.19 bits per heavy atom. The minimum absolute atomic E-state index is 0.287. The summed E-state index contributed by atoms with van der Waals surface area (Å²) in [6.07, 6.45) is 5.88. The van der Waals surface area contributed by atoms with Gasteiger partial charge in [0.1, 0.15) is 5.82 Å². The van der Waals surface area contributed by atoms with Crippen molar-refractivity contribution in [2.75, 3.05) is 6.54 Å². The van der Waals surface area contributed by atoms with E-state index in [0.29, 0.717) is 17.1 Å². The average Bonchev–Trinajstić information content (AvgIpc) is 2.92. The molecule has 0 amide bonds. The van der Waals surface area contributed by atoms with Gasteiger partial charge in [0.15, 0.2) is 0 Å². The maximum atomic E-state index is 13.8. The fourth-order valence-corrected chi connectivity index (χ4v) is 2.53. The van der Waals surface area contributed by atoms with Gasteiger partial charge in [-0.2, -0.15) is 5.10 Å². The monoisotopic (exact) mass is 309 g/mol. The molecule has 0 aliphatic heterocycles. The van der Waals surface area contributed by atoms with Gasteiger partial charge in [0.05, 0.1) is 12.7 Å². The third-order valence-electron chi connectivity index (χ3n) is 3.49. The summed E-state index contributed by atoms with van der Waals surface area (Å²) in [7, 11) is 0. The van der Waals surface area contributed by atoms with Crippen LogP contribution in [0.1, 0.15) is 43.9 Å². The van der Waals surface area contributed by atoms with E-state index in [1.165, 1.54) is 6.07 Å². The largest absolute Gasteiger partial charge is 0.310 e. The van der Waals surface area contributed by atoms with Crippen LogP contribution < -0.4 is 5.32 Å². The molecule has 0 aliphatic carbocycles. The Kier molecular flexibility index (Phi) is 5.76. The highest BCUT2D eigenvalue weighted by molar-refractivity contribution is 6.31. The Morgan fingerprint density at radius 3 is 2.86 bits per heavy atom. The molecule has 1 aromatic heterocycles. The summed E-state index contributed by atoms with van der Waals surface area (Å²) >= 11 is 6.05. The Hall–Kier alpha value is -1.39. The van der Waals surface area contributed by atoms with Crippen LogP contribution in [0.2, 0.25) is 5.02 Å². The highest BCUT2D eigenvalue weighted by atomic mass is 35.5. The smallest absolute Gasteiger partial charge is 0.129 e. The summed E-state index contributed by atoms with van der Waals surface area (Å²) in [5, 5.41) is 8.24. The number of benzene rings is 1. The molecule has 5 heteroatoms. The summed E-state index contributed by atoms with van der Waals surface area (Å²) in [5.41, 5.74) is 1.60. The number of aromatic nitrogens is 2. The van der Waals surface area contributed by atoms with Crippen LogP contribution in [0.4, 0.5) is 4.39 Å². The zero-order valence-electron chi connectivity index (χ0n) is 12.4. The van der Waals surface area contributed by atoms with Crippen molar-refractivity contribution in [3.05, 3.63) is 52.6 Å². The summed E-state index contributed by atoms with van der Waals surface area (Å²) < 4.78 is 15.5. The van der Waals surface area contributed by atoms with E-state index >= 15 is 0 Å². The molecule has 1 aromatic carbocycles. The molecule has 1 N–H and O–H groups in total. The molecule has 21 heavy (non-hydrogen) atoms. The predicted molar refractivity (Wildman–Crippen MR) is 84.1 cm³/mol. The normalized spacial score (nSPS) is 12.6. The number of hydrogen-bond acceptors (Lipinski definition) is 2. The van der Waals surface area contributed by atoms with E-state index in [1.54, 1.807) is 16.8 Å². The fourth-order valence-electron chi connectivity index (χ4n) is 2.31. The number of nitrogens with one attached hydrogen (secondary N) is 1. The summed E-state index contributed by atoms with van der Waals surface area (Å²) in [6.45, 7) is 5.60. The van der Waals surface area contributed by atoms with Gasteiger partial charge < -0.3 is 5.32 Å². The molecule has 0 fully saturated rings. The first-order chi connectivity index (χ1) is 10.2. The van der Waals surface area contributed by atoms with Crippen LogP contribution >= 0.6 is 11.6 Å². The molecule has 3 nitrogen and oxygen atoms in total. The van der Waals surface area contributed by atoms with Crippen LogP contribution in [-0.4, -0.2) is 16.3 Å². The van der Waals surface area contributed by atoms with Gasteiger partial charge in [-0.1, -0.05) is 31.5 Å². The van der Waals surface area contributed by atoms with Crippen LogP contribution in [0.15, 0.2) is 30.6 Å². The van der Waals surface area contributed by atoms with Crippen molar-refractivity contribution in [3.8, 4) is 0 Å². The molecule has 0 spiro atoms. The molecule has 2 rings (SSSR count). The fraction of sp³-hybridized carbons (Fsp3) is 0.438. The number of halogens is 2. The van der Waals surface area contributed by atoms with Crippen LogP contribution in [0.3, 0.4) is 0 Å². The second kappa shape index (κ2) is 7.57. The molecular weight excluding hydrogens is 289 g/mol. The zero-order chi connectivity index (χ0) is 15.2. The molecule has 1 unspecified atom stereocenters. The lowest BCUT2D eigenvalue weighted by Gasteiger charge is -2.14. The Bertz CT molecular complexity index is 562. The van der Waals surface area contributed by atoms with Gasteiger partial charge in [0.2, 0.25) is 0 Å². The van der Waals surface area contributed by atoms with E-state index in [4.69, 9.17) is 11.6 Å².